The first-order chi connectivity index (χ1) is 10.1. The van der Waals surface area contributed by atoms with Crippen molar-refractivity contribution >= 4 is 17.5 Å². The number of rotatable bonds is 2. The van der Waals surface area contributed by atoms with E-state index in [0.29, 0.717) is 0 Å². The van der Waals surface area contributed by atoms with Gasteiger partial charge >= 0.3 is 0 Å². The first-order valence-corrected chi connectivity index (χ1v) is 7.06. The van der Waals surface area contributed by atoms with E-state index in [4.69, 9.17) is 11.6 Å². The number of nitrogens with zero attached hydrogens (tertiary/aromatic N) is 3. The minimum Gasteiger partial charge on any atom is -0.345 e. The van der Waals surface area contributed by atoms with Crippen molar-refractivity contribution in [1.29, 1.82) is 0 Å². The number of aryl methyl sites for hydroxylation is 1. The van der Waals surface area contributed by atoms with Gasteiger partial charge in [0.15, 0.2) is 0 Å². The topological polar surface area (TPSA) is 59.8 Å². The van der Waals surface area contributed by atoms with Crippen LogP contribution in [0.5, 0.6) is 0 Å². The fraction of sp³-hybridized carbons (Fsp3) is 0.357. The molecule has 0 saturated carbocycles. The third-order valence-electron chi connectivity index (χ3n) is 3.73. The predicted molar refractivity (Wildman–Crippen MR) is 75.6 cm³/mol. The quantitative estimate of drug-likeness (QED) is 0.867. The number of hydrogen-bond donors (Lipinski definition) is 1. The Morgan fingerprint density at radius 1 is 1.52 bits per heavy atom. The normalized spacial score (nSPS) is 17.4. The van der Waals surface area contributed by atoms with Gasteiger partial charge in [0.2, 0.25) is 0 Å². The zero-order valence-corrected chi connectivity index (χ0v) is 12.2. The second kappa shape index (κ2) is 5.44. The molecule has 1 atom stereocenters. The van der Waals surface area contributed by atoms with Crippen LogP contribution in [0.4, 0.5) is 4.39 Å². The smallest absolute Gasteiger partial charge is 0.254 e. The van der Waals surface area contributed by atoms with Gasteiger partial charge in [-0.3, -0.25) is 9.48 Å². The van der Waals surface area contributed by atoms with E-state index in [9.17, 15) is 9.18 Å². The maximum Gasteiger partial charge on any atom is 0.254 e. The first-order valence-electron chi connectivity index (χ1n) is 6.69. The Morgan fingerprint density at radius 3 is 3.14 bits per heavy atom. The molecular weight excluding hydrogens is 295 g/mol. The lowest BCUT2D eigenvalue weighted by Gasteiger charge is -2.23. The maximum atomic E-state index is 13.2. The fourth-order valence-corrected chi connectivity index (χ4v) is 2.86. The summed E-state index contributed by atoms with van der Waals surface area (Å²) in [6.07, 6.45) is 5.49. The van der Waals surface area contributed by atoms with E-state index in [-0.39, 0.29) is 16.8 Å². The molecule has 3 rings (SSSR count). The Kier molecular flexibility index (Phi) is 3.63. The van der Waals surface area contributed by atoms with E-state index in [1.54, 1.807) is 6.20 Å². The molecule has 0 saturated heterocycles. The van der Waals surface area contributed by atoms with Crippen molar-refractivity contribution < 1.29 is 9.18 Å². The summed E-state index contributed by atoms with van der Waals surface area (Å²) < 4.78 is 15.0. The largest absolute Gasteiger partial charge is 0.345 e. The van der Waals surface area contributed by atoms with Crippen LogP contribution in [0, 0.1) is 5.82 Å². The van der Waals surface area contributed by atoms with Crippen molar-refractivity contribution in [3.8, 4) is 0 Å². The number of carbonyl (C=O) groups is 1. The number of aromatic nitrogens is 3. The average molecular weight is 309 g/mol. The molecule has 5 nitrogen and oxygen atoms in total. The Bertz CT molecular complexity index is 700. The lowest BCUT2D eigenvalue weighted by molar-refractivity contribution is 0.0932. The second-order valence-corrected chi connectivity index (χ2v) is 5.44. The highest BCUT2D eigenvalue weighted by molar-refractivity contribution is 6.32. The number of halogens is 2. The van der Waals surface area contributed by atoms with E-state index in [1.807, 2.05) is 11.7 Å². The van der Waals surface area contributed by atoms with Crippen LogP contribution in [0.1, 0.15) is 40.5 Å². The molecule has 2 aromatic heterocycles. The highest BCUT2D eigenvalue weighted by Crippen LogP contribution is 2.29. The summed E-state index contributed by atoms with van der Waals surface area (Å²) in [7, 11) is 1.89. The monoisotopic (exact) mass is 308 g/mol. The molecule has 2 heterocycles. The van der Waals surface area contributed by atoms with Gasteiger partial charge in [0, 0.05) is 18.3 Å². The van der Waals surface area contributed by atoms with Crippen molar-refractivity contribution in [2.45, 2.75) is 25.3 Å². The number of hydrogen-bond acceptors (Lipinski definition) is 3. The summed E-state index contributed by atoms with van der Waals surface area (Å²) in [5.41, 5.74) is 2.18. The van der Waals surface area contributed by atoms with Gasteiger partial charge in [-0.2, -0.15) is 5.10 Å². The number of carbonyl (C=O) groups excluding carboxylic acids is 1. The van der Waals surface area contributed by atoms with Gasteiger partial charge in [-0.15, -0.1) is 0 Å². The van der Waals surface area contributed by atoms with Crippen LogP contribution in [0.25, 0.3) is 0 Å². The lowest BCUT2D eigenvalue weighted by Crippen LogP contribution is -2.31. The number of amides is 1. The molecule has 1 aliphatic rings. The van der Waals surface area contributed by atoms with Crippen LogP contribution in [0.15, 0.2) is 18.5 Å². The molecular formula is C14H14ClFN4O. The van der Waals surface area contributed by atoms with Gasteiger partial charge < -0.3 is 5.32 Å². The van der Waals surface area contributed by atoms with Gasteiger partial charge in [-0.1, -0.05) is 11.6 Å². The Hall–Kier alpha value is -1.95. The maximum absolute atomic E-state index is 13.2. The molecule has 0 aromatic carbocycles. The zero-order valence-electron chi connectivity index (χ0n) is 11.4. The highest BCUT2D eigenvalue weighted by atomic mass is 35.5. The zero-order chi connectivity index (χ0) is 15.0. The minimum atomic E-state index is -0.588. The lowest BCUT2D eigenvalue weighted by atomic mass is 9.93. The molecule has 1 unspecified atom stereocenters. The molecule has 110 valence electrons. The Labute approximate surface area is 126 Å². The second-order valence-electron chi connectivity index (χ2n) is 5.08. The molecule has 0 aliphatic heterocycles. The van der Waals surface area contributed by atoms with E-state index in [2.05, 4.69) is 15.4 Å². The van der Waals surface area contributed by atoms with Gasteiger partial charge in [-0.05, 0) is 25.3 Å². The van der Waals surface area contributed by atoms with Gasteiger partial charge in [0.25, 0.3) is 5.91 Å². The minimum absolute atomic E-state index is 0.00359. The molecule has 2 aromatic rings. The van der Waals surface area contributed by atoms with E-state index < -0.39 is 11.7 Å². The molecule has 7 heteroatoms. The van der Waals surface area contributed by atoms with Crippen LogP contribution >= 0.6 is 11.6 Å². The molecule has 0 radical (unpaired) electrons. The average Bonchev–Trinajstić information content (AvgIpc) is 2.84. The third kappa shape index (κ3) is 2.63. The van der Waals surface area contributed by atoms with Crippen LogP contribution in [0.3, 0.4) is 0 Å². The first kappa shape index (κ1) is 14.0. The van der Waals surface area contributed by atoms with Gasteiger partial charge in [0.1, 0.15) is 11.0 Å². The van der Waals surface area contributed by atoms with E-state index in [0.717, 1.165) is 42.8 Å². The molecule has 1 amide bonds. The summed E-state index contributed by atoms with van der Waals surface area (Å²) >= 11 is 5.86. The summed E-state index contributed by atoms with van der Waals surface area (Å²) in [5.74, 6) is -1.01. The van der Waals surface area contributed by atoms with Crippen molar-refractivity contribution in [3.63, 3.8) is 0 Å². The van der Waals surface area contributed by atoms with Crippen molar-refractivity contribution in [2.75, 3.05) is 0 Å². The van der Waals surface area contributed by atoms with Crippen molar-refractivity contribution in [2.24, 2.45) is 7.05 Å². The fourth-order valence-electron chi connectivity index (χ4n) is 2.67. The van der Waals surface area contributed by atoms with Gasteiger partial charge in [-0.25, -0.2) is 9.37 Å². The van der Waals surface area contributed by atoms with Crippen molar-refractivity contribution in [3.05, 3.63) is 46.3 Å². The molecule has 0 fully saturated rings. The van der Waals surface area contributed by atoms with Crippen LogP contribution < -0.4 is 5.32 Å². The number of fused-ring (bicyclic) bond motifs is 1. The predicted octanol–water partition coefficient (Wildman–Crippen LogP) is 2.42. The Morgan fingerprint density at radius 2 is 2.33 bits per heavy atom. The van der Waals surface area contributed by atoms with Crippen molar-refractivity contribution in [1.82, 2.24) is 20.1 Å². The SMILES string of the molecule is Cn1ncc2c1CCCC2NC(=O)c1cc(F)cnc1Cl. The van der Waals surface area contributed by atoms with E-state index in [1.165, 1.54) is 0 Å². The van der Waals surface area contributed by atoms with Crippen LogP contribution in [0.2, 0.25) is 5.15 Å². The third-order valence-corrected chi connectivity index (χ3v) is 4.03. The van der Waals surface area contributed by atoms with Crippen LogP contribution in [-0.4, -0.2) is 20.7 Å². The van der Waals surface area contributed by atoms with Crippen LogP contribution in [-0.2, 0) is 13.5 Å². The van der Waals surface area contributed by atoms with E-state index >= 15 is 0 Å². The molecule has 21 heavy (non-hydrogen) atoms. The highest BCUT2D eigenvalue weighted by Gasteiger charge is 2.26. The standard InChI is InChI=1S/C14H14ClFN4O/c1-20-12-4-2-3-11(10(12)7-18-20)19-14(21)9-5-8(16)6-17-13(9)15/h5-7,11H,2-4H2,1H3,(H,19,21). The Balaban J connectivity index is 1.84. The molecule has 1 N–H and O–H groups in total. The summed E-state index contributed by atoms with van der Waals surface area (Å²) in [6, 6.07) is 0.965. The number of nitrogens with one attached hydrogen (secondary N) is 1. The molecule has 0 spiro atoms. The molecule has 1 aliphatic carbocycles. The summed E-state index contributed by atoms with van der Waals surface area (Å²) in [5, 5.41) is 7.11. The van der Waals surface area contributed by atoms with Gasteiger partial charge in [0.05, 0.1) is 24.0 Å². The summed E-state index contributed by atoms with van der Waals surface area (Å²) in [4.78, 5) is 15.9. The number of pyridine rings is 1. The summed E-state index contributed by atoms with van der Waals surface area (Å²) in [6.45, 7) is 0. The molecule has 0 bridgehead atoms.